The third-order valence-electron chi connectivity index (χ3n) is 6.38. The van der Waals surface area contributed by atoms with Crippen LogP contribution >= 0.6 is 0 Å². The Labute approximate surface area is 207 Å². The quantitative estimate of drug-likeness (QED) is 0.449. The van der Waals surface area contributed by atoms with E-state index in [2.05, 4.69) is 27.7 Å². The number of fused-ring (bicyclic) bond motifs is 1. The van der Waals surface area contributed by atoms with Crippen LogP contribution in [0.15, 0.2) is 48.5 Å². The maximum Gasteiger partial charge on any atom is 0.242 e. The first-order valence-corrected chi connectivity index (χ1v) is 12.4. The lowest BCUT2D eigenvalue weighted by Crippen LogP contribution is -2.39. The molecule has 1 aliphatic heterocycles. The molecule has 2 aromatic carbocycles. The van der Waals surface area contributed by atoms with Gasteiger partial charge in [-0.3, -0.25) is 9.59 Å². The fraction of sp³-hybridized carbons (Fsp3) is 0.464. The molecule has 7 heteroatoms. The van der Waals surface area contributed by atoms with Gasteiger partial charge in [-0.25, -0.2) is 4.98 Å². The number of carbonyl (C=O) groups excluding carboxylic acids is 2. The summed E-state index contributed by atoms with van der Waals surface area (Å²) in [5.74, 6) is 2.40. The third kappa shape index (κ3) is 5.50. The van der Waals surface area contributed by atoms with Gasteiger partial charge in [0.25, 0.3) is 0 Å². The van der Waals surface area contributed by atoms with E-state index < -0.39 is 0 Å². The SMILES string of the molecule is COc1ccc(N2CC(c3nc4ccccc4n3CC(=O)N(CC(C)C)CC(C)C)CC2=O)cc1. The van der Waals surface area contributed by atoms with Crippen molar-refractivity contribution in [1.29, 1.82) is 0 Å². The highest BCUT2D eigenvalue weighted by Gasteiger charge is 2.35. The Kier molecular flexibility index (Phi) is 7.43. The van der Waals surface area contributed by atoms with Crippen molar-refractivity contribution in [2.45, 2.75) is 46.6 Å². The number of benzene rings is 2. The highest BCUT2D eigenvalue weighted by Crippen LogP contribution is 2.34. The smallest absolute Gasteiger partial charge is 0.242 e. The molecule has 186 valence electrons. The number of hydrogen-bond acceptors (Lipinski definition) is 4. The molecule has 0 N–H and O–H groups in total. The van der Waals surface area contributed by atoms with Crippen molar-refractivity contribution in [2.24, 2.45) is 11.8 Å². The van der Waals surface area contributed by atoms with Crippen LogP contribution in [0.1, 0.15) is 45.9 Å². The minimum Gasteiger partial charge on any atom is -0.497 e. The zero-order valence-electron chi connectivity index (χ0n) is 21.4. The van der Waals surface area contributed by atoms with Gasteiger partial charge in [0.1, 0.15) is 18.1 Å². The Morgan fingerprint density at radius 2 is 1.71 bits per heavy atom. The zero-order chi connectivity index (χ0) is 25.1. The molecule has 35 heavy (non-hydrogen) atoms. The second kappa shape index (κ2) is 10.5. The highest BCUT2D eigenvalue weighted by molar-refractivity contribution is 5.96. The Bertz CT molecular complexity index is 1170. The van der Waals surface area contributed by atoms with Gasteiger partial charge >= 0.3 is 0 Å². The molecule has 0 aliphatic carbocycles. The van der Waals surface area contributed by atoms with Gasteiger partial charge in [-0.1, -0.05) is 39.8 Å². The number of imidazole rings is 1. The van der Waals surface area contributed by atoms with E-state index in [9.17, 15) is 9.59 Å². The van der Waals surface area contributed by atoms with Crippen LogP contribution in [0, 0.1) is 11.8 Å². The first-order chi connectivity index (χ1) is 16.8. The van der Waals surface area contributed by atoms with E-state index in [0.29, 0.717) is 24.8 Å². The van der Waals surface area contributed by atoms with Gasteiger partial charge in [-0.15, -0.1) is 0 Å². The number of carbonyl (C=O) groups is 2. The van der Waals surface area contributed by atoms with Crippen LogP contribution in [0.25, 0.3) is 11.0 Å². The van der Waals surface area contributed by atoms with E-state index in [-0.39, 0.29) is 24.3 Å². The van der Waals surface area contributed by atoms with Gasteiger partial charge in [0.05, 0.1) is 18.1 Å². The molecule has 1 fully saturated rings. The van der Waals surface area contributed by atoms with Gasteiger partial charge in [0.15, 0.2) is 0 Å². The number of hydrogen-bond donors (Lipinski definition) is 0. The number of aromatic nitrogens is 2. The van der Waals surface area contributed by atoms with Crippen LogP contribution in [0.2, 0.25) is 0 Å². The number of ether oxygens (including phenoxy) is 1. The van der Waals surface area contributed by atoms with E-state index in [4.69, 9.17) is 9.72 Å². The van der Waals surface area contributed by atoms with Crippen molar-refractivity contribution in [3.05, 3.63) is 54.4 Å². The molecule has 3 aromatic rings. The van der Waals surface area contributed by atoms with Crippen molar-refractivity contribution in [3.63, 3.8) is 0 Å². The molecule has 7 nitrogen and oxygen atoms in total. The van der Waals surface area contributed by atoms with Crippen molar-refractivity contribution in [1.82, 2.24) is 14.5 Å². The molecule has 1 aromatic heterocycles. The highest BCUT2D eigenvalue weighted by atomic mass is 16.5. The molecule has 0 radical (unpaired) electrons. The first kappa shape index (κ1) is 24.8. The maximum atomic E-state index is 13.5. The normalized spacial score (nSPS) is 16.0. The molecule has 1 aliphatic rings. The van der Waals surface area contributed by atoms with E-state index in [1.165, 1.54) is 0 Å². The zero-order valence-corrected chi connectivity index (χ0v) is 21.4. The molecule has 2 amide bonds. The summed E-state index contributed by atoms with van der Waals surface area (Å²) in [5, 5.41) is 0. The molecule has 2 heterocycles. The summed E-state index contributed by atoms with van der Waals surface area (Å²) in [5.41, 5.74) is 2.63. The van der Waals surface area contributed by atoms with Gasteiger partial charge in [-0.2, -0.15) is 0 Å². The van der Waals surface area contributed by atoms with Crippen molar-refractivity contribution < 1.29 is 14.3 Å². The second-order valence-electron chi connectivity index (χ2n) is 10.2. The summed E-state index contributed by atoms with van der Waals surface area (Å²) >= 11 is 0. The molecule has 1 unspecified atom stereocenters. The van der Waals surface area contributed by atoms with Crippen molar-refractivity contribution in [3.8, 4) is 5.75 Å². The lowest BCUT2D eigenvalue weighted by molar-refractivity contribution is -0.132. The average molecular weight is 477 g/mol. The second-order valence-corrected chi connectivity index (χ2v) is 10.2. The Balaban J connectivity index is 1.63. The van der Waals surface area contributed by atoms with Gasteiger partial charge in [0.2, 0.25) is 11.8 Å². The van der Waals surface area contributed by atoms with Crippen LogP contribution in [-0.4, -0.2) is 53.0 Å². The predicted octanol–water partition coefficient (Wildman–Crippen LogP) is 4.71. The lowest BCUT2D eigenvalue weighted by Gasteiger charge is -2.27. The Morgan fingerprint density at radius 3 is 2.34 bits per heavy atom. The molecular formula is C28H36N4O3. The summed E-state index contributed by atoms with van der Waals surface area (Å²) in [4.78, 5) is 35.2. The number of anilines is 1. The van der Waals surface area contributed by atoms with E-state index in [1.54, 1.807) is 12.0 Å². The fourth-order valence-electron chi connectivity index (χ4n) is 4.86. The van der Waals surface area contributed by atoms with Gasteiger partial charge in [-0.05, 0) is 48.2 Å². The van der Waals surface area contributed by atoms with Gasteiger partial charge in [0, 0.05) is 37.7 Å². The number of methoxy groups -OCH3 is 1. The minimum atomic E-state index is -0.0894. The van der Waals surface area contributed by atoms with E-state index in [1.807, 2.05) is 58.0 Å². The number of nitrogens with zero attached hydrogens (tertiary/aromatic N) is 4. The van der Waals surface area contributed by atoms with Crippen LogP contribution in [0.5, 0.6) is 5.75 Å². The molecule has 0 spiro atoms. The molecule has 1 saturated heterocycles. The standard InChI is InChI=1S/C28H36N4O3/c1-19(2)15-30(16-20(3)4)27(34)18-32-25-9-7-6-8-24(25)29-28(32)21-14-26(33)31(17-21)22-10-12-23(35-5)13-11-22/h6-13,19-21H,14-18H2,1-5H3. The molecular weight excluding hydrogens is 440 g/mol. The number of para-hydroxylation sites is 2. The van der Waals surface area contributed by atoms with Crippen LogP contribution < -0.4 is 9.64 Å². The predicted molar refractivity (Wildman–Crippen MR) is 139 cm³/mol. The lowest BCUT2D eigenvalue weighted by atomic mass is 10.1. The summed E-state index contributed by atoms with van der Waals surface area (Å²) in [7, 11) is 1.63. The molecule has 1 atom stereocenters. The fourth-order valence-corrected chi connectivity index (χ4v) is 4.86. The summed E-state index contributed by atoms with van der Waals surface area (Å²) in [6.45, 7) is 10.8. The van der Waals surface area contributed by atoms with Crippen molar-refractivity contribution >= 4 is 28.5 Å². The van der Waals surface area contributed by atoms with Gasteiger partial charge < -0.3 is 19.1 Å². The summed E-state index contributed by atoms with van der Waals surface area (Å²) in [6.07, 6.45) is 0.366. The Hall–Kier alpha value is -3.35. The monoisotopic (exact) mass is 476 g/mol. The van der Waals surface area contributed by atoms with Crippen LogP contribution in [0.4, 0.5) is 5.69 Å². The maximum absolute atomic E-state index is 13.5. The third-order valence-corrected chi connectivity index (χ3v) is 6.38. The van der Waals surface area contributed by atoms with Crippen LogP contribution in [-0.2, 0) is 16.1 Å². The number of amides is 2. The molecule has 4 rings (SSSR count). The van der Waals surface area contributed by atoms with E-state index >= 15 is 0 Å². The topological polar surface area (TPSA) is 67.7 Å². The largest absolute Gasteiger partial charge is 0.497 e. The first-order valence-electron chi connectivity index (χ1n) is 12.4. The van der Waals surface area contributed by atoms with Crippen molar-refractivity contribution in [2.75, 3.05) is 31.6 Å². The van der Waals surface area contributed by atoms with E-state index in [0.717, 1.165) is 41.4 Å². The minimum absolute atomic E-state index is 0.0614. The Morgan fingerprint density at radius 1 is 1.06 bits per heavy atom. The van der Waals surface area contributed by atoms with Crippen LogP contribution in [0.3, 0.4) is 0 Å². The molecule has 0 bridgehead atoms. The average Bonchev–Trinajstić information content (AvgIpc) is 3.38. The summed E-state index contributed by atoms with van der Waals surface area (Å²) in [6, 6.07) is 15.4. The number of rotatable bonds is 9. The molecule has 0 saturated carbocycles. The summed E-state index contributed by atoms with van der Waals surface area (Å²) < 4.78 is 7.28.